The van der Waals surface area contributed by atoms with E-state index in [0.717, 1.165) is 17.5 Å². The van der Waals surface area contributed by atoms with Crippen LogP contribution in [0.5, 0.6) is 0 Å². The number of carbonyl (C=O) groups is 1. The van der Waals surface area contributed by atoms with E-state index >= 15 is 0 Å². The first-order valence-corrected chi connectivity index (χ1v) is 7.96. The van der Waals surface area contributed by atoms with Crippen LogP contribution in [-0.2, 0) is 0 Å². The highest BCUT2D eigenvalue weighted by atomic mass is 79.9. The smallest absolute Gasteiger partial charge is 0.193 e. The topological polar surface area (TPSA) is 17.1 Å². The van der Waals surface area contributed by atoms with Gasteiger partial charge in [-0.15, -0.1) is 0 Å². The average Bonchev–Trinajstić information content (AvgIpc) is 2.53. The average molecular weight is 343 g/mol. The van der Waals surface area contributed by atoms with Gasteiger partial charge in [-0.2, -0.15) is 0 Å². The van der Waals surface area contributed by atoms with Crippen LogP contribution in [-0.4, -0.2) is 5.78 Å². The molecule has 1 unspecified atom stereocenters. The summed E-state index contributed by atoms with van der Waals surface area (Å²) in [5.74, 6) is 0.0672. The number of hydrogen-bond acceptors (Lipinski definition) is 1. The number of hydrogen-bond donors (Lipinski definition) is 0. The molecule has 0 radical (unpaired) electrons. The minimum absolute atomic E-state index is 0.0672. The van der Waals surface area contributed by atoms with Crippen molar-refractivity contribution >= 4 is 21.7 Å². The number of allylic oxidation sites excluding steroid dienone is 2. The Morgan fingerprint density at radius 3 is 2.14 bits per heavy atom. The van der Waals surface area contributed by atoms with E-state index in [1.54, 1.807) is 0 Å². The predicted molar refractivity (Wildman–Crippen MR) is 92.0 cm³/mol. The lowest BCUT2D eigenvalue weighted by Gasteiger charge is -2.09. The van der Waals surface area contributed by atoms with Gasteiger partial charge in [0.05, 0.1) is 0 Å². The number of alkyl halides is 1. The Morgan fingerprint density at radius 2 is 1.57 bits per heavy atom. The molecule has 0 bridgehead atoms. The fourth-order valence-corrected chi connectivity index (χ4v) is 2.57. The molecule has 0 amide bonds. The molecule has 0 aliphatic heterocycles. The fraction of sp³-hybridized carbons (Fsp3) is 0.211. The van der Waals surface area contributed by atoms with E-state index in [9.17, 15) is 4.79 Å². The highest BCUT2D eigenvalue weighted by molar-refractivity contribution is 9.09. The van der Waals surface area contributed by atoms with Crippen LogP contribution < -0.4 is 0 Å². The molecule has 0 aliphatic rings. The first kappa shape index (κ1) is 15.7. The minimum atomic E-state index is 0.0672. The lowest BCUT2D eigenvalue weighted by Crippen LogP contribution is -2.01. The van der Waals surface area contributed by atoms with E-state index in [0.29, 0.717) is 0 Å². The van der Waals surface area contributed by atoms with Crippen molar-refractivity contribution in [3.8, 4) is 0 Å². The maximum atomic E-state index is 12.3. The van der Waals surface area contributed by atoms with Gasteiger partial charge in [0.2, 0.25) is 0 Å². The Hall–Kier alpha value is -1.67. The normalized spacial score (nSPS) is 11.8. The molecule has 0 aliphatic carbocycles. The van der Waals surface area contributed by atoms with Crippen LogP contribution >= 0.6 is 15.9 Å². The van der Waals surface area contributed by atoms with Gasteiger partial charge in [-0.1, -0.05) is 82.2 Å². The third-order valence-corrected chi connectivity index (χ3v) is 4.21. The summed E-state index contributed by atoms with van der Waals surface area (Å²) < 4.78 is 0. The summed E-state index contributed by atoms with van der Waals surface area (Å²) in [5.41, 5.74) is 3.96. The third kappa shape index (κ3) is 4.40. The molecule has 1 nitrogen and oxygen atoms in total. The molecule has 0 heterocycles. The van der Waals surface area contributed by atoms with Gasteiger partial charge >= 0.3 is 0 Å². The van der Waals surface area contributed by atoms with Crippen LogP contribution in [0.25, 0.3) is 0 Å². The summed E-state index contributed by atoms with van der Waals surface area (Å²) in [4.78, 5) is 12.6. The maximum absolute atomic E-state index is 12.3. The predicted octanol–water partition coefficient (Wildman–Crippen LogP) is 5.71. The molecule has 2 aromatic carbocycles. The molecule has 0 saturated carbocycles. The first-order chi connectivity index (χ1) is 10.1. The molecule has 2 aromatic rings. The van der Waals surface area contributed by atoms with Gasteiger partial charge < -0.3 is 0 Å². The number of rotatable bonds is 5. The standard InChI is InChI=1S/C19H19BrO/c1-14(2)8-13-18(20)15-9-11-17(12-10-15)19(21)16-6-4-3-5-7-16/h3-12,18H,13H2,1-2H3. The number of benzene rings is 2. The molecule has 0 spiro atoms. The second-order valence-corrected chi connectivity index (χ2v) is 6.41. The highest BCUT2D eigenvalue weighted by Gasteiger charge is 2.10. The number of ketones is 1. The van der Waals surface area contributed by atoms with Crippen molar-refractivity contribution in [2.24, 2.45) is 0 Å². The SMILES string of the molecule is CC(C)=CCC(Br)c1ccc(C(=O)c2ccccc2)cc1. The molecule has 0 aromatic heterocycles. The number of halogens is 1. The molecule has 0 saturated heterocycles. The lowest BCUT2D eigenvalue weighted by molar-refractivity contribution is 0.103. The van der Waals surface area contributed by atoms with Gasteiger partial charge in [-0.25, -0.2) is 0 Å². The monoisotopic (exact) mass is 342 g/mol. The molecule has 0 N–H and O–H groups in total. The zero-order valence-corrected chi connectivity index (χ0v) is 13.9. The van der Waals surface area contributed by atoms with Gasteiger partial charge in [0.15, 0.2) is 5.78 Å². The van der Waals surface area contributed by atoms with E-state index in [2.05, 4.69) is 35.9 Å². The van der Waals surface area contributed by atoms with Crippen molar-refractivity contribution < 1.29 is 4.79 Å². The summed E-state index contributed by atoms with van der Waals surface area (Å²) in [5, 5.41) is 0. The molecule has 108 valence electrons. The van der Waals surface area contributed by atoms with Crippen molar-refractivity contribution in [3.63, 3.8) is 0 Å². The Bertz CT molecular complexity index is 622. The van der Waals surface area contributed by atoms with Gasteiger partial charge in [-0.3, -0.25) is 4.79 Å². The second-order valence-electron chi connectivity index (χ2n) is 5.30. The van der Waals surface area contributed by atoms with Crippen LogP contribution in [0.2, 0.25) is 0 Å². The largest absolute Gasteiger partial charge is 0.289 e. The Kier molecular flexibility index (Phi) is 5.51. The van der Waals surface area contributed by atoms with Crippen molar-refractivity contribution in [3.05, 3.63) is 82.9 Å². The van der Waals surface area contributed by atoms with Crippen molar-refractivity contribution in [2.45, 2.75) is 25.1 Å². The lowest BCUT2D eigenvalue weighted by atomic mass is 10.0. The summed E-state index contributed by atoms with van der Waals surface area (Å²) in [6.07, 6.45) is 3.16. The van der Waals surface area contributed by atoms with Crippen molar-refractivity contribution in [2.75, 3.05) is 0 Å². The zero-order valence-electron chi connectivity index (χ0n) is 12.3. The van der Waals surface area contributed by atoms with E-state index in [1.807, 2.05) is 54.6 Å². The summed E-state index contributed by atoms with van der Waals surface area (Å²) >= 11 is 3.69. The van der Waals surface area contributed by atoms with Crippen LogP contribution in [0.3, 0.4) is 0 Å². The highest BCUT2D eigenvalue weighted by Crippen LogP contribution is 2.27. The quantitative estimate of drug-likeness (QED) is 0.386. The third-order valence-electron chi connectivity index (χ3n) is 3.30. The second kappa shape index (κ2) is 7.37. The molecule has 2 heteroatoms. The molecular weight excluding hydrogens is 324 g/mol. The maximum Gasteiger partial charge on any atom is 0.193 e. The van der Waals surface area contributed by atoms with Gasteiger partial charge in [0.25, 0.3) is 0 Å². The Morgan fingerprint density at radius 1 is 1.00 bits per heavy atom. The molecule has 0 fully saturated rings. The number of carbonyl (C=O) groups excluding carboxylic acids is 1. The van der Waals surface area contributed by atoms with Crippen LogP contribution in [0.1, 0.15) is 46.6 Å². The molecule has 1 atom stereocenters. The van der Waals surface area contributed by atoms with E-state index < -0.39 is 0 Å². The molecule has 2 rings (SSSR count). The fourth-order valence-electron chi connectivity index (χ4n) is 2.07. The minimum Gasteiger partial charge on any atom is -0.289 e. The molecule has 21 heavy (non-hydrogen) atoms. The van der Waals surface area contributed by atoms with Crippen LogP contribution in [0.4, 0.5) is 0 Å². The van der Waals surface area contributed by atoms with Crippen LogP contribution in [0, 0.1) is 0 Å². The Balaban J connectivity index is 2.12. The van der Waals surface area contributed by atoms with Gasteiger partial charge in [-0.05, 0) is 25.8 Å². The summed E-state index contributed by atoms with van der Waals surface area (Å²) in [7, 11) is 0. The van der Waals surface area contributed by atoms with E-state index in [4.69, 9.17) is 0 Å². The zero-order chi connectivity index (χ0) is 15.2. The van der Waals surface area contributed by atoms with Gasteiger partial charge in [0.1, 0.15) is 0 Å². The van der Waals surface area contributed by atoms with Crippen LogP contribution in [0.15, 0.2) is 66.2 Å². The Labute approximate surface area is 134 Å². The molecular formula is C19H19BrO. The summed E-state index contributed by atoms with van der Waals surface area (Å²) in [6.45, 7) is 4.20. The summed E-state index contributed by atoms with van der Waals surface area (Å²) in [6, 6.07) is 17.2. The first-order valence-electron chi connectivity index (χ1n) is 7.05. The van der Waals surface area contributed by atoms with Crippen molar-refractivity contribution in [1.29, 1.82) is 0 Å². The van der Waals surface area contributed by atoms with E-state index in [1.165, 1.54) is 11.1 Å². The van der Waals surface area contributed by atoms with Gasteiger partial charge in [0, 0.05) is 16.0 Å². The van der Waals surface area contributed by atoms with Crippen molar-refractivity contribution in [1.82, 2.24) is 0 Å². The van der Waals surface area contributed by atoms with E-state index in [-0.39, 0.29) is 10.6 Å².